The first kappa shape index (κ1) is 26.0. The van der Waals surface area contributed by atoms with Crippen LogP contribution in [0.5, 0.6) is 5.75 Å². The van der Waals surface area contributed by atoms with E-state index in [0.717, 1.165) is 43.1 Å². The van der Waals surface area contributed by atoms with Crippen molar-refractivity contribution in [3.8, 4) is 5.75 Å². The van der Waals surface area contributed by atoms with Crippen LogP contribution in [0.15, 0.2) is 65.6 Å². The van der Waals surface area contributed by atoms with E-state index in [9.17, 15) is 13.2 Å². The molecule has 0 aromatic heterocycles. The molecule has 7 nitrogen and oxygen atoms in total. The summed E-state index contributed by atoms with van der Waals surface area (Å²) in [6.45, 7) is 6.58. The first-order chi connectivity index (χ1) is 17.3. The predicted molar refractivity (Wildman–Crippen MR) is 144 cm³/mol. The molecule has 0 bridgehead atoms. The minimum absolute atomic E-state index is 0.0580. The molecule has 8 heteroatoms. The van der Waals surface area contributed by atoms with Crippen molar-refractivity contribution in [2.75, 3.05) is 31.5 Å². The molecule has 192 valence electrons. The highest BCUT2D eigenvalue weighted by Crippen LogP contribution is 2.29. The molecule has 2 unspecified atom stereocenters. The number of carbonyl (C=O) groups is 1. The van der Waals surface area contributed by atoms with Crippen molar-refractivity contribution in [3.05, 3.63) is 66.2 Å². The van der Waals surface area contributed by atoms with Gasteiger partial charge in [0.15, 0.2) is 0 Å². The maximum absolute atomic E-state index is 13.8. The smallest absolute Gasteiger partial charge is 0.261 e. The summed E-state index contributed by atoms with van der Waals surface area (Å²) in [6, 6.07) is 17.5. The number of hydrogen-bond acceptors (Lipinski definition) is 5. The summed E-state index contributed by atoms with van der Waals surface area (Å²) in [5, 5.41) is 5.26. The summed E-state index contributed by atoms with van der Waals surface area (Å²) in [7, 11) is -2.33. The number of fused-ring (bicyclic) bond motifs is 1. The van der Waals surface area contributed by atoms with Gasteiger partial charge in [-0.2, -0.15) is 0 Å². The Morgan fingerprint density at radius 2 is 1.92 bits per heavy atom. The first-order valence-corrected chi connectivity index (χ1v) is 14.0. The zero-order chi connectivity index (χ0) is 25.7. The van der Waals surface area contributed by atoms with Crippen LogP contribution >= 0.6 is 0 Å². The van der Waals surface area contributed by atoms with Gasteiger partial charge in [0, 0.05) is 24.8 Å². The van der Waals surface area contributed by atoms with Gasteiger partial charge in [-0.15, -0.1) is 0 Å². The van der Waals surface area contributed by atoms with Gasteiger partial charge < -0.3 is 15.0 Å². The van der Waals surface area contributed by atoms with Crippen LogP contribution in [0.25, 0.3) is 10.8 Å². The third kappa shape index (κ3) is 5.65. The zero-order valence-electron chi connectivity index (χ0n) is 21.2. The Morgan fingerprint density at radius 1 is 1.14 bits per heavy atom. The molecule has 0 aliphatic carbocycles. The molecule has 1 aliphatic heterocycles. The van der Waals surface area contributed by atoms with Gasteiger partial charge in [-0.1, -0.05) is 50.6 Å². The van der Waals surface area contributed by atoms with E-state index < -0.39 is 10.0 Å². The number of rotatable bonds is 8. The molecular weight excluding hydrogens is 474 g/mol. The van der Waals surface area contributed by atoms with E-state index in [1.54, 1.807) is 36.4 Å². The Morgan fingerprint density at radius 3 is 2.67 bits per heavy atom. The molecule has 2 atom stereocenters. The lowest BCUT2D eigenvalue weighted by atomic mass is 9.94. The first-order valence-electron chi connectivity index (χ1n) is 12.6. The maximum Gasteiger partial charge on any atom is 0.261 e. The maximum atomic E-state index is 13.8. The summed E-state index contributed by atoms with van der Waals surface area (Å²) < 4.78 is 34.5. The second-order valence-electron chi connectivity index (χ2n) is 9.42. The number of anilines is 1. The highest BCUT2D eigenvalue weighted by molar-refractivity contribution is 7.92. The van der Waals surface area contributed by atoms with Crippen molar-refractivity contribution in [1.82, 2.24) is 10.2 Å². The van der Waals surface area contributed by atoms with Gasteiger partial charge in [-0.25, -0.2) is 8.42 Å². The van der Waals surface area contributed by atoms with E-state index in [2.05, 4.69) is 23.9 Å². The van der Waals surface area contributed by atoms with Crippen LogP contribution < -0.4 is 14.8 Å². The number of ether oxygens (including phenoxy) is 1. The standard InChI is InChI=1S/C28H35N3O4S/c1-4-8-20(2)26-19-29-15-7-16-31(26)28(32)25-18-23(12-14-27(25)35-3)30-36(33,34)24-13-11-21-9-5-6-10-22(21)17-24/h5-6,9-14,17-18,20,26,29-30H,4,7-8,15-16,19H2,1-3H3. The number of benzene rings is 3. The van der Waals surface area contributed by atoms with Crippen LogP contribution in [-0.4, -0.2) is 52.0 Å². The number of nitrogens with zero attached hydrogens (tertiary/aromatic N) is 1. The molecule has 3 aromatic carbocycles. The highest BCUT2D eigenvalue weighted by atomic mass is 32.2. The van der Waals surface area contributed by atoms with Crippen molar-refractivity contribution >= 4 is 32.4 Å². The van der Waals surface area contributed by atoms with Crippen LogP contribution in [0.3, 0.4) is 0 Å². The van der Waals surface area contributed by atoms with Gasteiger partial charge in [-0.3, -0.25) is 9.52 Å². The molecular formula is C28H35N3O4S. The average Bonchev–Trinajstić information content (AvgIpc) is 3.14. The third-order valence-electron chi connectivity index (χ3n) is 6.88. The lowest BCUT2D eigenvalue weighted by Crippen LogP contribution is -2.47. The quantitative estimate of drug-likeness (QED) is 0.452. The number of nitrogens with one attached hydrogen (secondary N) is 2. The lowest BCUT2D eigenvalue weighted by Gasteiger charge is -2.34. The normalized spacial score (nSPS) is 17.4. The largest absolute Gasteiger partial charge is 0.496 e. The minimum atomic E-state index is -3.85. The van der Waals surface area contributed by atoms with Crippen LogP contribution in [0.2, 0.25) is 0 Å². The number of sulfonamides is 1. The van der Waals surface area contributed by atoms with E-state index in [-0.39, 0.29) is 16.8 Å². The summed E-state index contributed by atoms with van der Waals surface area (Å²) in [4.78, 5) is 15.9. The van der Waals surface area contributed by atoms with Gasteiger partial charge >= 0.3 is 0 Å². The van der Waals surface area contributed by atoms with Crippen LogP contribution in [0.1, 0.15) is 43.5 Å². The zero-order valence-corrected chi connectivity index (χ0v) is 22.0. The molecule has 1 fully saturated rings. The van der Waals surface area contributed by atoms with Crippen molar-refractivity contribution in [2.24, 2.45) is 5.92 Å². The fourth-order valence-corrected chi connectivity index (χ4v) is 6.03. The Kier molecular flexibility index (Phi) is 8.16. The number of amides is 1. The average molecular weight is 510 g/mol. The Balaban J connectivity index is 1.64. The fourth-order valence-electron chi connectivity index (χ4n) is 4.95. The van der Waals surface area contributed by atoms with E-state index in [4.69, 9.17) is 4.74 Å². The number of methoxy groups -OCH3 is 1. The summed E-state index contributed by atoms with van der Waals surface area (Å²) in [5.74, 6) is 0.619. The van der Waals surface area contributed by atoms with Crippen LogP contribution in [-0.2, 0) is 10.0 Å². The van der Waals surface area contributed by atoms with Crippen molar-refractivity contribution < 1.29 is 17.9 Å². The molecule has 1 saturated heterocycles. The fraction of sp³-hybridized carbons (Fsp3) is 0.393. The van der Waals surface area contributed by atoms with Gasteiger partial charge in [0.25, 0.3) is 15.9 Å². The highest BCUT2D eigenvalue weighted by Gasteiger charge is 2.31. The summed E-state index contributed by atoms with van der Waals surface area (Å²) >= 11 is 0. The van der Waals surface area contributed by atoms with E-state index in [1.165, 1.54) is 7.11 Å². The molecule has 0 saturated carbocycles. The van der Waals surface area contributed by atoms with E-state index >= 15 is 0 Å². The molecule has 2 N–H and O–H groups in total. The second-order valence-corrected chi connectivity index (χ2v) is 11.1. The molecule has 0 spiro atoms. The summed E-state index contributed by atoms with van der Waals surface area (Å²) in [5.41, 5.74) is 0.672. The Bertz CT molecular complexity index is 1330. The molecule has 36 heavy (non-hydrogen) atoms. The van der Waals surface area contributed by atoms with Crippen molar-refractivity contribution in [3.63, 3.8) is 0 Å². The number of carbonyl (C=O) groups excluding carboxylic acids is 1. The van der Waals surface area contributed by atoms with Crippen LogP contribution in [0, 0.1) is 5.92 Å². The third-order valence-corrected chi connectivity index (χ3v) is 8.26. The van der Waals surface area contributed by atoms with Gasteiger partial charge in [-0.05, 0) is 66.4 Å². The molecule has 3 aromatic rings. The molecule has 1 aliphatic rings. The number of hydrogen-bond donors (Lipinski definition) is 2. The predicted octanol–water partition coefficient (Wildman–Crippen LogP) is 4.89. The van der Waals surface area contributed by atoms with Crippen molar-refractivity contribution in [2.45, 2.75) is 44.0 Å². The van der Waals surface area contributed by atoms with Gasteiger partial charge in [0.05, 0.1) is 17.6 Å². The topological polar surface area (TPSA) is 87.7 Å². The van der Waals surface area contributed by atoms with Crippen molar-refractivity contribution in [1.29, 1.82) is 0 Å². The molecule has 1 heterocycles. The Hall–Kier alpha value is -3.10. The molecule has 0 radical (unpaired) electrons. The SMILES string of the molecule is CCCC(C)C1CNCCCN1C(=O)c1cc(NS(=O)(=O)c2ccc3ccccc3c2)ccc1OC. The monoisotopic (exact) mass is 509 g/mol. The van der Waals surface area contributed by atoms with Crippen LogP contribution in [0.4, 0.5) is 5.69 Å². The summed E-state index contributed by atoms with van der Waals surface area (Å²) in [6.07, 6.45) is 2.94. The molecule has 4 rings (SSSR count). The second kappa shape index (κ2) is 11.3. The van der Waals surface area contributed by atoms with E-state index in [0.29, 0.717) is 29.5 Å². The van der Waals surface area contributed by atoms with Gasteiger partial charge in [0.1, 0.15) is 5.75 Å². The van der Waals surface area contributed by atoms with Gasteiger partial charge in [0.2, 0.25) is 0 Å². The lowest BCUT2D eigenvalue weighted by molar-refractivity contribution is 0.0627. The minimum Gasteiger partial charge on any atom is -0.496 e. The van der Waals surface area contributed by atoms with E-state index in [1.807, 2.05) is 29.2 Å². The Labute approximate surface area is 213 Å². The molecule has 1 amide bonds.